The lowest BCUT2D eigenvalue weighted by Gasteiger charge is -2.01. The van der Waals surface area contributed by atoms with Crippen LogP contribution in [0.4, 0.5) is 0 Å². The normalized spacial score (nSPS) is 9.00. The second-order valence-electron chi connectivity index (χ2n) is 2.35. The Bertz CT molecular complexity index is 165. The molecule has 0 aliphatic rings. The molecule has 0 aliphatic carbocycles. The Labute approximate surface area is 77.5 Å². The van der Waals surface area contributed by atoms with E-state index in [0.717, 1.165) is 12.2 Å². The van der Waals surface area contributed by atoms with Crippen LogP contribution in [0.15, 0.2) is 0 Å². The van der Waals surface area contributed by atoms with Gasteiger partial charge in [-0.1, -0.05) is 0 Å². The number of hydrogen-bond acceptors (Lipinski definition) is 3. The third kappa shape index (κ3) is 7.42. The van der Waals surface area contributed by atoms with Crippen molar-refractivity contribution in [1.29, 1.82) is 5.26 Å². The molecule has 68 valence electrons. The summed E-state index contributed by atoms with van der Waals surface area (Å²) in [4.78, 5) is 11.0. The zero-order valence-corrected chi connectivity index (χ0v) is 8.12. The van der Waals surface area contributed by atoms with Crippen molar-refractivity contribution < 1.29 is 4.79 Å². The lowest BCUT2D eigenvalue weighted by atomic mass is 10.3. The van der Waals surface area contributed by atoms with Gasteiger partial charge < -0.3 is 5.32 Å². The zero-order chi connectivity index (χ0) is 9.23. The fraction of sp³-hybridized carbons (Fsp3) is 0.750. The molecule has 0 saturated heterocycles. The highest BCUT2D eigenvalue weighted by molar-refractivity contribution is 7.98. The van der Waals surface area contributed by atoms with Crippen LogP contribution >= 0.6 is 11.8 Å². The van der Waals surface area contributed by atoms with Crippen molar-refractivity contribution in [3.63, 3.8) is 0 Å². The highest BCUT2D eigenvalue weighted by atomic mass is 32.2. The minimum Gasteiger partial charge on any atom is -0.356 e. The van der Waals surface area contributed by atoms with Crippen molar-refractivity contribution >= 4 is 17.7 Å². The number of hydrogen-bond donors (Lipinski definition) is 1. The van der Waals surface area contributed by atoms with Crippen LogP contribution in [0.1, 0.15) is 19.3 Å². The molecule has 0 aliphatic heterocycles. The van der Waals surface area contributed by atoms with Crippen LogP contribution in [0, 0.1) is 11.3 Å². The quantitative estimate of drug-likeness (QED) is 0.633. The Morgan fingerprint density at radius 2 is 2.42 bits per heavy atom. The average molecular weight is 186 g/mol. The summed E-state index contributed by atoms with van der Waals surface area (Å²) in [5.74, 6) is 0.951. The van der Waals surface area contributed by atoms with E-state index in [0.29, 0.717) is 19.4 Å². The predicted octanol–water partition coefficient (Wildman–Crippen LogP) is 1.16. The summed E-state index contributed by atoms with van der Waals surface area (Å²) in [5.41, 5.74) is 0. The third-order valence-corrected chi connectivity index (χ3v) is 1.93. The Balaban J connectivity index is 3.15. The first-order valence-electron chi connectivity index (χ1n) is 3.94. The second-order valence-corrected chi connectivity index (χ2v) is 3.34. The van der Waals surface area contributed by atoms with Crippen LogP contribution in [0.5, 0.6) is 0 Å². The Morgan fingerprint density at radius 1 is 1.67 bits per heavy atom. The molecule has 0 saturated carbocycles. The van der Waals surface area contributed by atoms with Crippen molar-refractivity contribution in [3.05, 3.63) is 0 Å². The fourth-order valence-corrected chi connectivity index (χ4v) is 1.07. The summed E-state index contributed by atoms with van der Waals surface area (Å²) < 4.78 is 0. The van der Waals surface area contributed by atoms with Gasteiger partial charge in [0.2, 0.25) is 5.91 Å². The molecule has 0 bridgehead atoms. The fourth-order valence-electron chi connectivity index (χ4n) is 0.678. The maximum atomic E-state index is 11.0. The molecular formula is C8H14N2OS. The second kappa shape index (κ2) is 8.41. The van der Waals surface area contributed by atoms with E-state index in [4.69, 9.17) is 5.26 Å². The van der Waals surface area contributed by atoms with Gasteiger partial charge in [-0.25, -0.2) is 0 Å². The molecule has 12 heavy (non-hydrogen) atoms. The van der Waals surface area contributed by atoms with Crippen LogP contribution in [-0.4, -0.2) is 24.5 Å². The number of unbranched alkanes of at least 4 members (excludes halogenated alkanes) is 1. The molecule has 4 heteroatoms. The number of nitrogens with one attached hydrogen (secondary N) is 1. The first-order chi connectivity index (χ1) is 5.81. The lowest BCUT2D eigenvalue weighted by Crippen LogP contribution is -2.24. The van der Waals surface area contributed by atoms with Gasteiger partial charge in [-0.15, -0.1) is 0 Å². The number of amides is 1. The molecule has 1 N–H and O–H groups in total. The third-order valence-electron chi connectivity index (χ3n) is 1.32. The topological polar surface area (TPSA) is 52.9 Å². The van der Waals surface area contributed by atoms with Gasteiger partial charge in [0.15, 0.2) is 0 Å². The van der Waals surface area contributed by atoms with Crippen molar-refractivity contribution in [2.45, 2.75) is 19.3 Å². The summed E-state index contributed by atoms with van der Waals surface area (Å²) in [6.07, 6.45) is 3.82. The van der Waals surface area contributed by atoms with Gasteiger partial charge in [0.25, 0.3) is 0 Å². The SMILES string of the molecule is CSCCC(=O)NCCCC#N. The molecule has 0 heterocycles. The van der Waals surface area contributed by atoms with E-state index in [1.165, 1.54) is 0 Å². The first kappa shape index (κ1) is 11.3. The summed E-state index contributed by atoms with van der Waals surface area (Å²) in [5, 5.41) is 11.0. The van der Waals surface area contributed by atoms with Gasteiger partial charge in [-0.05, 0) is 12.7 Å². The molecule has 0 atom stereocenters. The van der Waals surface area contributed by atoms with Crippen molar-refractivity contribution in [2.24, 2.45) is 0 Å². The van der Waals surface area contributed by atoms with Gasteiger partial charge in [-0.2, -0.15) is 17.0 Å². The van der Waals surface area contributed by atoms with Crippen LogP contribution in [0.2, 0.25) is 0 Å². The maximum Gasteiger partial charge on any atom is 0.220 e. The number of thioether (sulfide) groups is 1. The van der Waals surface area contributed by atoms with Gasteiger partial charge in [0.05, 0.1) is 6.07 Å². The highest BCUT2D eigenvalue weighted by Crippen LogP contribution is 1.94. The monoisotopic (exact) mass is 186 g/mol. The molecule has 3 nitrogen and oxygen atoms in total. The molecule has 0 aromatic heterocycles. The zero-order valence-electron chi connectivity index (χ0n) is 7.30. The molecule has 1 amide bonds. The highest BCUT2D eigenvalue weighted by Gasteiger charge is 1.97. The maximum absolute atomic E-state index is 11.0. The number of carbonyl (C=O) groups is 1. The van der Waals surface area contributed by atoms with E-state index in [2.05, 4.69) is 5.32 Å². The summed E-state index contributed by atoms with van der Waals surface area (Å²) >= 11 is 1.66. The average Bonchev–Trinajstić information content (AvgIpc) is 2.09. The number of carbonyl (C=O) groups excluding carboxylic acids is 1. The number of nitrogens with zero attached hydrogens (tertiary/aromatic N) is 1. The molecule has 0 rings (SSSR count). The minimum atomic E-state index is 0.0855. The Kier molecular flexibility index (Phi) is 7.92. The Hall–Kier alpha value is -0.690. The molecule has 0 fully saturated rings. The van der Waals surface area contributed by atoms with E-state index in [1.807, 2.05) is 12.3 Å². The van der Waals surface area contributed by atoms with E-state index in [9.17, 15) is 4.79 Å². The predicted molar refractivity (Wildman–Crippen MR) is 50.9 cm³/mol. The van der Waals surface area contributed by atoms with Gasteiger partial charge >= 0.3 is 0 Å². The number of rotatable bonds is 6. The summed E-state index contributed by atoms with van der Waals surface area (Å²) in [7, 11) is 0. The van der Waals surface area contributed by atoms with Gasteiger partial charge in [0, 0.05) is 25.1 Å². The standard InChI is InChI=1S/C8H14N2OS/c1-12-7-4-8(11)10-6-3-2-5-9/h2-4,6-7H2,1H3,(H,10,11). The molecule has 0 radical (unpaired) electrons. The van der Waals surface area contributed by atoms with Crippen LogP contribution in [0.3, 0.4) is 0 Å². The summed E-state index contributed by atoms with van der Waals surface area (Å²) in [6.45, 7) is 0.626. The minimum absolute atomic E-state index is 0.0855. The molecular weight excluding hydrogens is 172 g/mol. The van der Waals surface area contributed by atoms with Crippen molar-refractivity contribution in [3.8, 4) is 6.07 Å². The molecule has 0 spiro atoms. The van der Waals surface area contributed by atoms with E-state index in [-0.39, 0.29) is 5.91 Å². The van der Waals surface area contributed by atoms with Gasteiger partial charge in [-0.3, -0.25) is 4.79 Å². The van der Waals surface area contributed by atoms with E-state index < -0.39 is 0 Å². The van der Waals surface area contributed by atoms with Crippen LogP contribution in [-0.2, 0) is 4.79 Å². The molecule has 0 aromatic carbocycles. The summed E-state index contributed by atoms with van der Waals surface area (Å²) in [6, 6.07) is 2.03. The number of nitriles is 1. The van der Waals surface area contributed by atoms with Crippen molar-refractivity contribution in [2.75, 3.05) is 18.6 Å². The van der Waals surface area contributed by atoms with E-state index in [1.54, 1.807) is 11.8 Å². The van der Waals surface area contributed by atoms with Gasteiger partial charge in [0.1, 0.15) is 0 Å². The molecule has 0 aromatic rings. The largest absolute Gasteiger partial charge is 0.356 e. The molecule has 0 unspecified atom stereocenters. The van der Waals surface area contributed by atoms with Crippen LogP contribution in [0.25, 0.3) is 0 Å². The van der Waals surface area contributed by atoms with Crippen molar-refractivity contribution in [1.82, 2.24) is 5.32 Å². The lowest BCUT2D eigenvalue weighted by molar-refractivity contribution is -0.120. The first-order valence-corrected chi connectivity index (χ1v) is 5.33. The Morgan fingerprint density at radius 3 is 3.00 bits per heavy atom. The van der Waals surface area contributed by atoms with E-state index >= 15 is 0 Å². The smallest absolute Gasteiger partial charge is 0.220 e. The van der Waals surface area contributed by atoms with Crippen LogP contribution < -0.4 is 5.32 Å².